The lowest BCUT2D eigenvalue weighted by Gasteiger charge is -2.26. The average molecular weight is 311 g/mol. The van der Waals surface area contributed by atoms with Crippen LogP contribution in [0.3, 0.4) is 0 Å². The minimum Gasteiger partial charge on any atom is -0.329 e. The van der Waals surface area contributed by atoms with Gasteiger partial charge in [-0.3, -0.25) is 4.79 Å². The van der Waals surface area contributed by atoms with Crippen molar-refractivity contribution < 1.29 is 4.79 Å². The van der Waals surface area contributed by atoms with Crippen molar-refractivity contribution in [2.45, 2.75) is 32.6 Å². The van der Waals surface area contributed by atoms with Crippen LogP contribution in [-0.4, -0.2) is 12.5 Å². The van der Waals surface area contributed by atoms with Crippen molar-refractivity contribution in [3.8, 4) is 0 Å². The van der Waals surface area contributed by atoms with Gasteiger partial charge in [0.15, 0.2) is 0 Å². The Labute approximate surface area is 116 Å². The van der Waals surface area contributed by atoms with Gasteiger partial charge in [-0.05, 0) is 53.4 Å². The fraction of sp³-hybridized carbons (Fsp3) is 0.500. The molecule has 1 aliphatic carbocycles. The Bertz CT molecular complexity index is 453. The normalized spacial score (nSPS) is 17.7. The first-order chi connectivity index (χ1) is 8.57. The lowest BCUT2D eigenvalue weighted by molar-refractivity contribution is -0.124. The molecule has 3 N–H and O–H groups in total. The molecule has 1 aromatic carbocycles. The number of amides is 1. The molecule has 3 nitrogen and oxygen atoms in total. The number of carbonyl (C=O) groups is 1. The molecule has 1 aliphatic rings. The second-order valence-electron chi connectivity index (χ2n) is 5.13. The Morgan fingerprint density at radius 3 is 2.67 bits per heavy atom. The molecule has 1 fully saturated rings. The van der Waals surface area contributed by atoms with E-state index in [1.807, 2.05) is 25.1 Å². The van der Waals surface area contributed by atoms with Crippen LogP contribution < -0.4 is 11.1 Å². The number of benzene rings is 1. The molecule has 18 heavy (non-hydrogen) atoms. The van der Waals surface area contributed by atoms with E-state index in [1.54, 1.807) is 0 Å². The number of aryl methyl sites for hydroxylation is 1. The Balaban J connectivity index is 2.15. The molecule has 0 aliphatic heterocycles. The first-order valence-corrected chi connectivity index (χ1v) is 7.14. The van der Waals surface area contributed by atoms with Crippen molar-refractivity contribution in [1.29, 1.82) is 0 Å². The second kappa shape index (κ2) is 5.41. The van der Waals surface area contributed by atoms with Crippen molar-refractivity contribution in [3.05, 3.63) is 28.2 Å². The lowest BCUT2D eigenvalue weighted by Crippen LogP contribution is -2.40. The quantitative estimate of drug-likeness (QED) is 0.900. The molecule has 0 unspecified atom stereocenters. The minimum absolute atomic E-state index is 0.0621. The predicted octanol–water partition coefficient (Wildman–Crippen LogP) is 3.22. The number of carbonyl (C=O) groups excluding carboxylic acids is 1. The molecular formula is C14H19BrN2O. The van der Waals surface area contributed by atoms with Gasteiger partial charge >= 0.3 is 0 Å². The van der Waals surface area contributed by atoms with E-state index in [0.29, 0.717) is 6.54 Å². The topological polar surface area (TPSA) is 55.1 Å². The van der Waals surface area contributed by atoms with Gasteiger partial charge in [-0.15, -0.1) is 0 Å². The van der Waals surface area contributed by atoms with Crippen LogP contribution in [0.1, 0.15) is 31.2 Å². The van der Waals surface area contributed by atoms with Crippen LogP contribution in [0.2, 0.25) is 0 Å². The standard InChI is InChI=1S/C14H19BrN2O/c1-10-4-5-12(11(15)8-10)17-13(18)14(9-16)6-2-3-7-14/h4-5,8H,2-3,6-7,9,16H2,1H3,(H,17,18). The highest BCUT2D eigenvalue weighted by Gasteiger charge is 2.39. The van der Waals surface area contributed by atoms with Gasteiger partial charge in [0.1, 0.15) is 0 Å². The summed E-state index contributed by atoms with van der Waals surface area (Å²) in [6.07, 6.45) is 4.00. The maximum absolute atomic E-state index is 12.4. The van der Waals surface area contributed by atoms with Crippen LogP contribution in [0, 0.1) is 12.3 Å². The van der Waals surface area contributed by atoms with Crippen LogP contribution in [-0.2, 0) is 4.79 Å². The van der Waals surface area contributed by atoms with Gasteiger partial charge in [-0.2, -0.15) is 0 Å². The third kappa shape index (κ3) is 2.59. The zero-order chi connectivity index (χ0) is 13.2. The zero-order valence-corrected chi connectivity index (χ0v) is 12.2. The highest BCUT2D eigenvalue weighted by atomic mass is 79.9. The summed E-state index contributed by atoms with van der Waals surface area (Å²) in [4.78, 5) is 12.4. The van der Waals surface area contributed by atoms with E-state index in [2.05, 4.69) is 21.2 Å². The fourth-order valence-corrected chi connectivity index (χ4v) is 3.14. The highest BCUT2D eigenvalue weighted by molar-refractivity contribution is 9.10. The first-order valence-electron chi connectivity index (χ1n) is 6.35. The van der Waals surface area contributed by atoms with Gasteiger partial charge in [0.05, 0.1) is 11.1 Å². The van der Waals surface area contributed by atoms with Crippen molar-refractivity contribution in [3.63, 3.8) is 0 Å². The van der Waals surface area contributed by atoms with E-state index in [4.69, 9.17) is 5.73 Å². The SMILES string of the molecule is Cc1ccc(NC(=O)C2(CN)CCCC2)c(Br)c1. The van der Waals surface area contributed by atoms with E-state index in [-0.39, 0.29) is 11.3 Å². The third-order valence-electron chi connectivity index (χ3n) is 3.81. The van der Waals surface area contributed by atoms with Gasteiger partial charge in [0, 0.05) is 11.0 Å². The summed E-state index contributed by atoms with van der Waals surface area (Å²) in [5.74, 6) is 0.0621. The Morgan fingerprint density at radius 2 is 2.11 bits per heavy atom. The van der Waals surface area contributed by atoms with Crippen LogP contribution in [0.4, 0.5) is 5.69 Å². The van der Waals surface area contributed by atoms with Crippen molar-refractivity contribution in [2.75, 3.05) is 11.9 Å². The summed E-state index contributed by atoms with van der Waals surface area (Å²) in [6, 6.07) is 5.92. The number of halogens is 1. The van der Waals surface area contributed by atoms with Gasteiger partial charge in [-0.1, -0.05) is 18.9 Å². The molecule has 1 amide bonds. The zero-order valence-electron chi connectivity index (χ0n) is 10.6. The van der Waals surface area contributed by atoms with E-state index < -0.39 is 0 Å². The van der Waals surface area contributed by atoms with E-state index in [1.165, 1.54) is 0 Å². The maximum atomic E-state index is 12.4. The molecule has 2 rings (SSSR count). The van der Waals surface area contributed by atoms with E-state index in [0.717, 1.165) is 41.4 Å². The Morgan fingerprint density at radius 1 is 1.44 bits per heavy atom. The van der Waals surface area contributed by atoms with Crippen LogP contribution in [0.5, 0.6) is 0 Å². The van der Waals surface area contributed by atoms with Gasteiger partial charge in [0.2, 0.25) is 5.91 Å². The molecule has 0 atom stereocenters. The number of nitrogens with one attached hydrogen (secondary N) is 1. The number of hydrogen-bond acceptors (Lipinski definition) is 2. The minimum atomic E-state index is -0.357. The molecule has 98 valence electrons. The highest BCUT2D eigenvalue weighted by Crippen LogP contribution is 2.38. The largest absolute Gasteiger partial charge is 0.329 e. The number of nitrogens with two attached hydrogens (primary N) is 1. The van der Waals surface area contributed by atoms with Crippen LogP contribution in [0.25, 0.3) is 0 Å². The fourth-order valence-electron chi connectivity index (χ4n) is 2.55. The summed E-state index contributed by atoms with van der Waals surface area (Å²) in [7, 11) is 0. The second-order valence-corrected chi connectivity index (χ2v) is 5.98. The number of rotatable bonds is 3. The van der Waals surface area contributed by atoms with Crippen molar-refractivity contribution >= 4 is 27.5 Å². The molecule has 4 heteroatoms. The molecular weight excluding hydrogens is 292 g/mol. The van der Waals surface area contributed by atoms with Crippen LogP contribution in [0.15, 0.2) is 22.7 Å². The van der Waals surface area contributed by atoms with Gasteiger partial charge < -0.3 is 11.1 Å². The molecule has 1 aromatic rings. The lowest BCUT2D eigenvalue weighted by atomic mass is 9.85. The van der Waals surface area contributed by atoms with E-state index >= 15 is 0 Å². The number of anilines is 1. The Hall–Kier alpha value is -0.870. The van der Waals surface area contributed by atoms with Crippen LogP contribution >= 0.6 is 15.9 Å². The van der Waals surface area contributed by atoms with Gasteiger partial charge in [0.25, 0.3) is 0 Å². The molecule has 0 spiro atoms. The maximum Gasteiger partial charge on any atom is 0.231 e. The predicted molar refractivity (Wildman–Crippen MR) is 77.5 cm³/mol. The summed E-state index contributed by atoms with van der Waals surface area (Å²) < 4.78 is 0.918. The van der Waals surface area contributed by atoms with Crippen molar-refractivity contribution in [1.82, 2.24) is 0 Å². The molecule has 0 aromatic heterocycles. The van der Waals surface area contributed by atoms with E-state index in [9.17, 15) is 4.79 Å². The average Bonchev–Trinajstić information content (AvgIpc) is 2.82. The molecule has 0 heterocycles. The van der Waals surface area contributed by atoms with Crippen molar-refractivity contribution in [2.24, 2.45) is 11.1 Å². The molecule has 0 bridgehead atoms. The number of hydrogen-bond donors (Lipinski definition) is 2. The Kier molecular flexibility index (Phi) is 4.07. The molecule has 0 saturated heterocycles. The summed E-state index contributed by atoms with van der Waals surface area (Å²) in [5, 5.41) is 3.01. The first kappa shape index (κ1) is 13.6. The summed E-state index contributed by atoms with van der Waals surface area (Å²) in [5.41, 5.74) is 7.44. The third-order valence-corrected chi connectivity index (χ3v) is 4.46. The smallest absolute Gasteiger partial charge is 0.231 e. The monoisotopic (exact) mass is 310 g/mol. The molecule has 0 radical (unpaired) electrons. The molecule has 1 saturated carbocycles. The summed E-state index contributed by atoms with van der Waals surface area (Å²) >= 11 is 3.48. The van der Waals surface area contributed by atoms with Gasteiger partial charge in [-0.25, -0.2) is 0 Å². The summed E-state index contributed by atoms with van der Waals surface area (Å²) in [6.45, 7) is 2.46.